The molecule has 0 amide bonds. The Morgan fingerprint density at radius 2 is 2.28 bits per heavy atom. The van der Waals surface area contributed by atoms with E-state index >= 15 is 0 Å². The van der Waals surface area contributed by atoms with Crippen molar-refractivity contribution in [2.45, 2.75) is 19.9 Å². The van der Waals surface area contributed by atoms with Gasteiger partial charge in [-0.25, -0.2) is 4.79 Å². The van der Waals surface area contributed by atoms with Gasteiger partial charge in [0.2, 0.25) is 0 Å². The molecule has 0 aliphatic carbocycles. The van der Waals surface area contributed by atoms with Gasteiger partial charge < -0.3 is 14.5 Å². The molecule has 5 heteroatoms. The molecule has 1 saturated heterocycles. The first-order valence-electron chi connectivity index (χ1n) is 6.34. The van der Waals surface area contributed by atoms with Crippen molar-refractivity contribution in [2.75, 3.05) is 38.2 Å². The molecule has 2 heterocycles. The normalized spacial score (nSPS) is 21.1. The number of likely N-dealkylation sites (N-methyl/N-ethyl adjacent to an activating group) is 1. The summed E-state index contributed by atoms with van der Waals surface area (Å²) in [6.45, 7) is 7.58. The molecule has 1 fully saturated rings. The van der Waals surface area contributed by atoms with E-state index in [1.54, 1.807) is 0 Å². The topological polar surface area (TPSA) is 32.8 Å². The van der Waals surface area contributed by atoms with E-state index in [4.69, 9.17) is 4.74 Å². The second kappa shape index (κ2) is 5.71. The summed E-state index contributed by atoms with van der Waals surface area (Å²) in [6, 6.07) is 4.43. The van der Waals surface area contributed by atoms with E-state index in [-0.39, 0.29) is 5.97 Å². The molecular weight excluding hydrogens is 248 g/mol. The van der Waals surface area contributed by atoms with Crippen molar-refractivity contribution >= 4 is 22.3 Å². The van der Waals surface area contributed by atoms with E-state index in [0.717, 1.165) is 24.6 Å². The summed E-state index contributed by atoms with van der Waals surface area (Å²) in [5, 5.41) is 1.16. The van der Waals surface area contributed by atoms with Crippen LogP contribution in [0.1, 0.15) is 23.5 Å². The minimum Gasteiger partial charge on any atom is -0.462 e. The molecule has 0 N–H and O–H groups in total. The lowest BCUT2D eigenvalue weighted by atomic mass is 10.2. The summed E-state index contributed by atoms with van der Waals surface area (Å²) < 4.78 is 5.01. The number of anilines is 1. The SMILES string of the molecule is CCOC(=O)c1ccc(N2CCN(C)[C@H](C)C2)s1. The maximum Gasteiger partial charge on any atom is 0.348 e. The van der Waals surface area contributed by atoms with Crippen LogP contribution in [0.25, 0.3) is 0 Å². The Morgan fingerprint density at radius 1 is 1.50 bits per heavy atom. The van der Waals surface area contributed by atoms with Crippen LogP contribution < -0.4 is 4.90 Å². The average Bonchev–Trinajstić information content (AvgIpc) is 2.82. The highest BCUT2D eigenvalue weighted by Gasteiger charge is 2.22. The molecule has 2 rings (SSSR count). The highest BCUT2D eigenvalue weighted by molar-refractivity contribution is 7.17. The fraction of sp³-hybridized carbons (Fsp3) is 0.615. The number of esters is 1. The van der Waals surface area contributed by atoms with Gasteiger partial charge in [-0.05, 0) is 33.0 Å². The van der Waals surface area contributed by atoms with Gasteiger partial charge in [0.15, 0.2) is 0 Å². The molecule has 1 aliphatic rings. The van der Waals surface area contributed by atoms with Gasteiger partial charge in [0.05, 0.1) is 11.6 Å². The fourth-order valence-corrected chi connectivity index (χ4v) is 2.99. The lowest BCUT2D eigenvalue weighted by Crippen LogP contribution is -2.49. The summed E-state index contributed by atoms with van der Waals surface area (Å²) in [6.07, 6.45) is 0. The first-order valence-corrected chi connectivity index (χ1v) is 7.15. The second-order valence-corrected chi connectivity index (χ2v) is 5.70. The predicted molar refractivity (Wildman–Crippen MR) is 74.6 cm³/mol. The third-order valence-corrected chi connectivity index (χ3v) is 4.47. The van der Waals surface area contributed by atoms with Gasteiger partial charge in [-0.2, -0.15) is 0 Å². The van der Waals surface area contributed by atoms with E-state index < -0.39 is 0 Å². The smallest absolute Gasteiger partial charge is 0.348 e. The maximum atomic E-state index is 11.6. The summed E-state index contributed by atoms with van der Waals surface area (Å²) in [5.41, 5.74) is 0. The Morgan fingerprint density at radius 3 is 2.94 bits per heavy atom. The maximum absolute atomic E-state index is 11.6. The van der Waals surface area contributed by atoms with Crippen molar-refractivity contribution in [2.24, 2.45) is 0 Å². The number of carbonyl (C=O) groups excluding carboxylic acids is 1. The molecule has 1 atom stereocenters. The molecule has 0 bridgehead atoms. The lowest BCUT2D eigenvalue weighted by Gasteiger charge is -2.38. The number of piperazine rings is 1. The number of ether oxygens (including phenoxy) is 1. The van der Waals surface area contributed by atoms with Crippen molar-refractivity contribution in [1.29, 1.82) is 0 Å². The monoisotopic (exact) mass is 268 g/mol. The van der Waals surface area contributed by atoms with Crippen molar-refractivity contribution in [3.8, 4) is 0 Å². The second-order valence-electron chi connectivity index (χ2n) is 4.63. The lowest BCUT2D eigenvalue weighted by molar-refractivity contribution is 0.0532. The van der Waals surface area contributed by atoms with Crippen LogP contribution in [0, 0.1) is 0 Å². The summed E-state index contributed by atoms with van der Waals surface area (Å²) in [4.78, 5) is 17.0. The molecular formula is C13H20N2O2S. The number of hydrogen-bond acceptors (Lipinski definition) is 5. The van der Waals surface area contributed by atoms with Gasteiger partial charge in [0, 0.05) is 25.7 Å². The number of hydrogen-bond donors (Lipinski definition) is 0. The van der Waals surface area contributed by atoms with Gasteiger partial charge in [-0.3, -0.25) is 0 Å². The molecule has 0 aromatic carbocycles. The van der Waals surface area contributed by atoms with E-state index in [1.165, 1.54) is 11.3 Å². The standard InChI is InChI=1S/C13H20N2O2S/c1-4-17-13(16)11-5-6-12(18-11)15-8-7-14(3)10(2)9-15/h5-6,10H,4,7-9H2,1-3H3/t10-/m1/s1. The minimum absolute atomic E-state index is 0.212. The molecule has 0 radical (unpaired) electrons. The Kier molecular flexibility index (Phi) is 4.24. The predicted octanol–water partition coefficient (Wildman–Crippen LogP) is 2.07. The van der Waals surface area contributed by atoms with E-state index in [2.05, 4.69) is 23.8 Å². The Balaban J connectivity index is 2.04. The Bertz CT molecular complexity index is 419. The van der Waals surface area contributed by atoms with Crippen LogP contribution in [0.5, 0.6) is 0 Å². The average molecular weight is 268 g/mol. The van der Waals surface area contributed by atoms with Crippen LogP contribution in [0.15, 0.2) is 12.1 Å². The number of nitrogens with zero attached hydrogens (tertiary/aromatic N) is 2. The molecule has 0 spiro atoms. The first-order chi connectivity index (χ1) is 8.61. The molecule has 4 nitrogen and oxygen atoms in total. The van der Waals surface area contributed by atoms with Crippen LogP contribution in [-0.2, 0) is 4.74 Å². The summed E-state index contributed by atoms with van der Waals surface area (Å²) in [5.74, 6) is -0.212. The van der Waals surface area contributed by atoms with Gasteiger partial charge in [-0.15, -0.1) is 11.3 Å². The van der Waals surface area contributed by atoms with Crippen molar-refractivity contribution in [1.82, 2.24) is 4.90 Å². The molecule has 1 aromatic heterocycles. The highest BCUT2D eigenvalue weighted by Crippen LogP contribution is 2.28. The van der Waals surface area contributed by atoms with E-state index in [1.807, 2.05) is 19.1 Å². The zero-order valence-corrected chi connectivity index (χ0v) is 12.0. The van der Waals surface area contributed by atoms with Crippen LogP contribution in [0.3, 0.4) is 0 Å². The van der Waals surface area contributed by atoms with Gasteiger partial charge in [-0.1, -0.05) is 0 Å². The molecule has 1 aliphatic heterocycles. The third kappa shape index (κ3) is 2.84. The van der Waals surface area contributed by atoms with Crippen LogP contribution >= 0.6 is 11.3 Å². The zero-order chi connectivity index (χ0) is 13.1. The molecule has 0 saturated carbocycles. The summed E-state index contributed by atoms with van der Waals surface area (Å²) in [7, 11) is 2.15. The number of thiophene rings is 1. The van der Waals surface area contributed by atoms with Gasteiger partial charge >= 0.3 is 5.97 Å². The Labute approximate surface area is 112 Å². The molecule has 100 valence electrons. The zero-order valence-electron chi connectivity index (χ0n) is 11.2. The minimum atomic E-state index is -0.212. The largest absolute Gasteiger partial charge is 0.462 e. The first kappa shape index (κ1) is 13.4. The summed E-state index contributed by atoms with van der Waals surface area (Å²) >= 11 is 1.52. The molecule has 0 unspecified atom stereocenters. The van der Waals surface area contributed by atoms with Crippen LogP contribution in [-0.4, -0.2) is 50.2 Å². The van der Waals surface area contributed by atoms with Gasteiger partial charge in [0.1, 0.15) is 4.88 Å². The van der Waals surface area contributed by atoms with E-state index in [9.17, 15) is 4.79 Å². The van der Waals surface area contributed by atoms with Gasteiger partial charge in [0.25, 0.3) is 0 Å². The van der Waals surface area contributed by atoms with Crippen molar-refractivity contribution in [3.05, 3.63) is 17.0 Å². The van der Waals surface area contributed by atoms with E-state index in [0.29, 0.717) is 17.5 Å². The quantitative estimate of drug-likeness (QED) is 0.786. The third-order valence-electron chi connectivity index (χ3n) is 3.34. The number of rotatable bonds is 3. The Hall–Kier alpha value is -1.07. The number of carbonyl (C=O) groups is 1. The van der Waals surface area contributed by atoms with Crippen molar-refractivity contribution < 1.29 is 9.53 Å². The highest BCUT2D eigenvalue weighted by atomic mass is 32.1. The van der Waals surface area contributed by atoms with Crippen LogP contribution in [0.2, 0.25) is 0 Å². The van der Waals surface area contributed by atoms with Crippen LogP contribution in [0.4, 0.5) is 5.00 Å². The van der Waals surface area contributed by atoms with Crippen molar-refractivity contribution in [3.63, 3.8) is 0 Å². The molecule has 1 aromatic rings. The fourth-order valence-electron chi connectivity index (χ4n) is 2.06. The molecule has 18 heavy (non-hydrogen) atoms.